The monoisotopic (exact) mass is 381 g/mol. The normalized spacial score (nSPS) is 11.5. The summed E-state index contributed by atoms with van der Waals surface area (Å²) < 4.78 is 17.4. The molecule has 142 valence electrons. The molecule has 0 spiro atoms. The van der Waals surface area contributed by atoms with Gasteiger partial charge in [0.2, 0.25) is 0 Å². The molecule has 1 heterocycles. The molecular formula is C16H23N3O6Si. The number of carbonyl (C=O) groups excluding carboxylic acids is 1. The minimum absolute atomic E-state index is 0.0682. The number of benzene rings is 1. The lowest BCUT2D eigenvalue weighted by Gasteiger charge is -2.16. The maximum Gasteiger partial charge on any atom is 0.344 e. The Morgan fingerprint density at radius 3 is 2.69 bits per heavy atom. The van der Waals surface area contributed by atoms with Crippen molar-refractivity contribution in [3.63, 3.8) is 0 Å². The second-order valence-electron chi connectivity index (χ2n) is 6.97. The fourth-order valence-corrected chi connectivity index (χ4v) is 2.92. The van der Waals surface area contributed by atoms with Crippen LogP contribution in [0.1, 0.15) is 0 Å². The molecule has 9 nitrogen and oxygen atoms in total. The molecule has 2 aromatic rings. The minimum Gasteiger partial charge on any atom is -0.466 e. The van der Waals surface area contributed by atoms with E-state index in [0.717, 1.165) is 6.04 Å². The Morgan fingerprint density at radius 1 is 1.35 bits per heavy atom. The van der Waals surface area contributed by atoms with Gasteiger partial charge in [0.15, 0.2) is 6.61 Å². The minimum atomic E-state index is -1.22. The van der Waals surface area contributed by atoms with Crippen LogP contribution in [0.5, 0.6) is 6.01 Å². The molecule has 0 radical (unpaired) electrons. The molecule has 0 aliphatic rings. The highest BCUT2D eigenvalue weighted by molar-refractivity contribution is 6.76. The van der Waals surface area contributed by atoms with Crippen LogP contribution in [0.25, 0.3) is 11.0 Å². The van der Waals surface area contributed by atoms with Crippen molar-refractivity contribution in [3.8, 4) is 6.01 Å². The van der Waals surface area contributed by atoms with E-state index in [9.17, 15) is 14.9 Å². The highest BCUT2D eigenvalue weighted by atomic mass is 28.3. The van der Waals surface area contributed by atoms with Crippen LogP contribution in [0.15, 0.2) is 18.2 Å². The Labute approximate surface area is 152 Å². The molecule has 2 rings (SSSR count). The van der Waals surface area contributed by atoms with E-state index >= 15 is 0 Å². The molecule has 0 fully saturated rings. The van der Waals surface area contributed by atoms with E-state index in [1.54, 1.807) is 10.6 Å². The molecule has 0 amide bonds. The van der Waals surface area contributed by atoms with Crippen molar-refractivity contribution in [2.45, 2.75) is 32.4 Å². The van der Waals surface area contributed by atoms with Crippen LogP contribution in [0.3, 0.4) is 0 Å². The van der Waals surface area contributed by atoms with Gasteiger partial charge in [-0.1, -0.05) is 19.6 Å². The Balaban J connectivity index is 2.24. The summed E-state index contributed by atoms with van der Waals surface area (Å²) in [5.74, 6) is -0.547. The first-order valence-electron chi connectivity index (χ1n) is 8.13. The molecule has 1 aromatic carbocycles. The molecule has 0 aliphatic heterocycles. The van der Waals surface area contributed by atoms with E-state index in [1.807, 2.05) is 0 Å². The summed E-state index contributed by atoms with van der Waals surface area (Å²) in [5.41, 5.74) is 0.956. The number of nitrogens with zero attached hydrogens (tertiary/aromatic N) is 3. The third kappa shape index (κ3) is 5.26. The van der Waals surface area contributed by atoms with Crippen molar-refractivity contribution >= 4 is 30.8 Å². The largest absolute Gasteiger partial charge is 0.466 e. The zero-order valence-corrected chi connectivity index (χ0v) is 16.4. The Kier molecular flexibility index (Phi) is 6.32. The highest BCUT2D eigenvalue weighted by Crippen LogP contribution is 2.25. The van der Waals surface area contributed by atoms with E-state index < -0.39 is 19.0 Å². The van der Waals surface area contributed by atoms with Gasteiger partial charge in [0, 0.05) is 26.8 Å². The molecule has 0 atom stereocenters. The van der Waals surface area contributed by atoms with Crippen LogP contribution in [0.2, 0.25) is 25.7 Å². The second kappa shape index (κ2) is 8.28. The van der Waals surface area contributed by atoms with Crippen LogP contribution >= 0.6 is 0 Å². The summed E-state index contributed by atoms with van der Waals surface area (Å²) >= 11 is 0. The van der Waals surface area contributed by atoms with E-state index in [2.05, 4.69) is 29.4 Å². The van der Waals surface area contributed by atoms with Gasteiger partial charge in [-0.05, 0) is 12.1 Å². The first-order chi connectivity index (χ1) is 12.2. The first-order valence-corrected chi connectivity index (χ1v) is 11.8. The fraction of sp³-hybridized carbons (Fsp3) is 0.500. The number of methoxy groups -OCH3 is 1. The summed E-state index contributed by atoms with van der Waals surface area (Å²) in [6.45, 7) is 7.23. The molecule has 0 unspecified atom stereocenters. The predicted molar refractivity (Wildman–Crippen MR) is 98.0 cm³/mol. The summed E-state index contributed by atoms with van der Waals surface area (Å²) in [5, 5.41) is 11.0. The standard InChI is InChI=1S/C16H23N3O6Si/c1-23-15(20)10-25-16-17-13-9-12(19(21)22)5-6-14(13)18(16)11-24-7-8-26(2,3)4/h5-6,9H,7-8,10-11H2,1-4H3. The molecule has 0 saturated heterocycles. The summed E-state index contributed by atoms with van der Waals surface area (Å²) in [4.78, 5) is 26.0. The van der Waals surface area contributed by atoms with Gasteiger partial charge < -0.3 is 14.2 Å². The Hall–Kier alpha value is -2.46. The summed E-state index contributed by atoms with van der Waals surface area (Å²) in [6, 6.07) is 5.50. The fourth-order valence-electron chi connectivity index (χ4n) is 2.16. The average Bonchev–Trinajstić information content (AvgIpc) is 2.92. The number of carbonyl (C=O) groups is 1. The smallest absolute Gasteiger partial charge is 0.344 e. The quantitative estimate of drug-likeness (QED) is 0.216. The molecule has 0 N–H and O–H groups in total. The maximum atomic E-state index is 11.3. The van der Waals surface area contributed by atoms with Crippen LogP contribution in [-0.4, -0.2) is 48.8 Å². The first kappa shape index (κ1) is 19.9. The zero-order chi connectivity index (χ0) is 19.3. The number of nitro groups is 1. The molecule has 26 heavy (non-hydrogen) atoms. The predicted octanol–water partition coefficient (Wildman–Crippen LogP) is 2.81. The number of aromatic nitrogens is 2. The molecule has 0 bridgehead atoms. The van der Waals surface area contributed by atoms with Crippen molar-refractivity contribution in [3.05, 3.63) is 28.3 Å². The van der Waals surface area contributed by atoms with Crippen molar-refractivity contribution in [2.75, 3.05) is 20.3 Å². The second-order valence-corrected chi connectivity index (χ2v) is 12.6. The van der Waals surface area contributed by atoms with E-state index in [1.165, 1.54) is 19.2 Å². The lowest BCUT2D eigenvalue weighted by atomic mass is 10.3. The van der Waals surface area contributed by atoms with Gasteiger partial charge in [-0.15, -0.1) is 0 Å². The average molecular weight is 381 g/mol. The summed E-state index contributed by atoms with van der Waals surface area (Å²) in [6.07, 6.45) is 0. The lowest BCUT2D eigenvalue weighted by molar-refractivity contribution is -0.384. The van der Waals surface area contributed by atoms with E-state index in [4.69, 9.17) is 9.47 Å². The van der Waals surface area contributed by atoms with Crippen molar-refractivity contribution < 1.29 is 23.9 Å². The third-order valence-corrected chi connectivity index (χ3v) is 5.38. The van der Waals surface area contributed by atoms with Crippen LogP contribution in [0, 0.1) is 10.1 Å². The van der Waals surface area contributed by atoms with Crippen LogP contribution < -0.4 is 4.74 Å². The molecule has 10 heteroatoms. The number of rotatable bonds is 9. The van der Waals surface area contributed by atoms with Crippen LogP contribution in [-0.2, 0) is 21.0 Å². The SMILES string of the molecule is COC(=O)COc1nc2cc([N+](=O)[O-])ccc2n1COCC[Si](C)(C)C. The number of esters is 1. The molecular weight excluding hydrogens is 358 g/mol. The Morgan fingerprint density at radius 2 is 2.08 bits per heavy atom. The topological polar surface area (TPSA) is 106 Å². The number of nitro benzene ring substituents is 1. The van der Waals surface area contributed by atoms with Crippen molar-refractivity contribution in [1.82, 2.24) is 9.55 Å². The maximum absolute atomic E-state index is 11.3. The number of hydrogen-bond donors (Lipinski definition) is 0. The third-order valence-electron chi connectivity index (χ3n) is 3.67. The Bertz CT molecular complexity index is 799. The van der Waals surface area contributed by atoms with Gasteiger partial charge in [0.05, 0.1) is 23.1 Å². The van der Waals surface area contributed by atoms with Gasteiger partial charge >= 0.3 is 5.97 Å². The van der Waals surface area contributed by atoms with Crippen LogP contribution in [0.4, 0.5) is 5.69 Å². The number of hydrogen-bond acceptors (Lipinski definition) is 7. The lowest BCUT2D eigenvalue weighted by Crippen LogP contribution is -2.22. The van der Waals surface area contributed by atoms with Gasteiger partial charge in [-0.2, -0.15) is 4.98 Å². The van der Waals surface area contributed by atoms with Crippen molar-refractivity contribution in [1.29, 1.82) is 0 Å². The van der Waals surface area contributed by atoms with Gasteiger partial charge in [0.25, 0.3) is 11.7 Å². The highest BCUT2D eigenvalue weighted by Gasteiger charge is 2.18. The zero-order valence-electron chi connectivity index (χ0n) is 15.4. The molecule has 1 aromatic heterocycles. The van der Waals surface area contributed by atoms with Gasteiger partial charge in [-0.3, -0.25) is 14.7 Å². The number of imidazole rings is 1. The van der Waals surface area contributed by atoms with E-state index in [-0.39, 0.29) is 25.0 Å². The number of non-ortho nitro benzene ring substituents is 1. The van der Waals surface area contributed by atoms with E-state index in [0.29, 0.717) is 17.6 Å². The summed E-state index contributed by atoms with van der Waals surface area (Å²) in [7, 11) is 0.0425. The molecule has 0 saturated carbocycles. The van der Waals surface area contributed by atoms with Crippen molar-refractivity contribution in [2.24, 2.45) is 0 Å². The number of ether oxygens (including phenoxy) is 3. The van der Waals surface area contributed by atoms with Gasteiger partial charge in [-0.25, -0.2) is 4.79 Å². The van der Waals surface area contributed by atoms with Gasteiger partial charge in [0.1, 0.15) is 6.73 Å². The number of fused-ring (bicyclic) bond motifs is 1. The molecule has 0 aliphatic carbocycles.